The molecule has 0 aliphatic carbocycles. The summed E-state index contributed by atoms with van der Waals surface area (Å²) in [5.41, 5.74) is 0. The molecule has 0 aromatic carbocycles. The highest BCUT2D eigenvalue weighted by atomic mass is 32.2. The van der Waals surface area contributed by atoms with Crippen molar-refractivity contribution in [2.24, 2.45) is 0 Å². The van der Waals surface area contributed by atoms with Gasteiger partial charge in [0.15, 0.2) is 9.84 Å². The van der Waals surface area contributed by atoms with Crippen LogP contribution in [-0.2, 0) is 24.1 Å². The summed E-state index contributed by atoms with van der Waals surface area (Å²) in [6.07, 6.45) is 3.71. The second-order valence-corrected chi connectivity index (χ2v) is 10.0. The minimum atomic E-state index is -2.97. The van der Waals surface area contributed by atoms with Crippen LogP contribution >= 0.6 is 0 Å². The van der Waals surface area contributed by atoms with Crippen molar-refractivity contribution >= 4 is 15.7 Å². The SMILES string of the molecule is O=C(CN(CCCN1CCOCC1)C1CCS(=O)(=O)C1)NCC1CCCO1. The quantitative estimate of drug-likeness (QED) is 0.555. The smallest absolute Gasteiger partial charge is 0.234 e. The number of hydrogen-bond acceptors (Lipinski definition) is 7. The molecule has 9 heteroatoms. The van der Waals surface area contributed by atoms with Gasteiger partial charge >= 0.3 is 0 Å². The van der Waals surface area contributed by atoms with E-state index in [-0.39, 0.29) is 36.1 Å². The molecule has 2 unspecified atom stereocenters. The van der Waals surface area contributed by atoms with Crippen LogP contribution in [0.5, 0.6) is 0 Å². The second kappa shape index (κ2) is 10.2. The van der Waals surface area contributed by atoms with Crippen LogP contribution in [0.3, 0.4) is 0 Å². The Morgan fingerprint density at radius 2 is 2.00 bits per heavy atom. The van der Waals surface area contributed by atoms with E-state index in [2.05, 4.69) is 15.1 Å². The molecule has 0 aromatic rings. The molecule has 3 aliphatic rings. The monoisotopic (exact) mass is 403 g/mol. The molecule has 1 N–H and O–H groups in total. The fourth-order valence-electron chi connectivity index (χ4n) is 4.05. The lowest BCUT2D eigenvalue weighted by Gasteiger charge is -2.30. The average molecular weight is 404 g/mol. The van der Waals surface area contributed by atoms with Gasteiger partial charge < -0.3 is 14.8 Å². The highest BCUT2D eigenvalue weighted by Crippen LogP contribution is 2.18. The number of carbonyl (C=O) groups excluding carboxylic acids is 1. The fraction of sp³-hybridized carbons (Fsp3) is 0.944. The Morgan fingerprint density at radius 1 is 1.19 bits per heavy atom. The van der Waals surface area contributed by atoms with Gasteiger partial charge in [0.2, 0.25) is 5.91 Å². The van der Waals surface area contributed by atoms with E-state index in [1.807, 2.05) is 0 Å². The maximum Gasteiger partial charge on any atom is 0.234 e. The van der Waals surface area contributed by atoms with Gasteiger partial charge in [-0.1, -0.05) is 0 Å². The number of rotatable bonds is 9. The normalized spacial score (nSPS) is 28.6. The van der Waals surface area contributed by atoms with Crippen LogP contribution in [-0.4, -0.2) is 107 Å². The molecule has 0 bridgehead atoms. The number of hydrogen-bond donors (Lipinski definition) is 1. The van der Waals surface area contributed by atoms with Gasteiger partial charge in [-0.25, -0.2) is 8.42 Å². The van der Waals surface area contributed by atoms with Crippen molar-refractivity contribution in [2.45, 2.75) is 37.8 Å². The summed E-state index contributed by atoms with van der Waals surface area (Å²) in [5, 5.41) is 2.96. The highest BCUT2D eigenvalue weighted by molar-refractivity contribution is 7.91. The molecule has 27 heavy (non-hydrogen) atoms. The summed E-state index contributed by atoms with van der Waals surface area (Å²) >= 11 is 0. The van der Waals surface area contributed by atoms with Gasteiger partial charge in [0.1, 0.15) is 0 Å². The molecule has 8 nitrogen and oxygen atoms in total. The van der Waals surface area contributed by atoms with Crippen LogP contribution in [0, 0.1) is 0 Å². The Bertz CT molecular complexity index is 574. The topological polar surface area (TPSA) is 88.2 Å². The number of amides is 1. The highest BCUT2D eigenvalue weighted by Gasteiger charge is 2.33. The Kier molecular flexibility index (Phi) is 7.89. The van der Waals surface area contributed by atoms with Crippen LogP contribution in [0.1, 0.15) is 25.7 Å². The van der Waals surface area contributed by atoms with Crippen molar-refractivity contribution in [2.75, 3.05) is 70.6 Å². The number of ether oxygens (including phenoxy) is 2. The van der Waals surface area contributed by atoms with E-state index >= 15 is 0 Å². The maximum atomic E-state index is 12.4. The van der Waals surface area contributed by atoms with Gasteiger partial charge in [-0.15, -0.1) is 0 Å². The summed E-state index contributed by atoms with van der Waals surface area (Å²) < 4.78 is 34.7. The van der Waals surface area contributed by atoms with Gasteiger partial charge in [0.25, 0.3) is 0 Å². The first-order valence-corrected chi connectivity index (χ1v) is 12.0. The lowest BCUT2D eigenvalue weighted by atomic mass is 10.2. The van der Waals surface area contributed by atoms with E-state index in [4.69, 9.17) is 9.47 Å². The third kappa shape index (κ3) is 6.98. The molecule has 1 amide bonds. The van der Waals surface area contributed by atoms with E-state index in [0.717, 1.165) is 65.3 Å². The van der Waals surface area contributed by atoms with Crippen LogP contribution in [0.2, 0.25) is 0 Å². The first kappa shape index (κ1) is 21.0. The van der Waals surface area contributed by atoms with Crippen molar-refractivity contribution < 1.29 is 22.7 Å². The zero-order chi connectivity index (χ0) is 19.1. The molecule has 0 spiro atoms. The third-order valence-corrected chi connectivity index (χ3v) is 7.40. The zero-order valence-corrected chi connectivity index (χ0v) is 16.9. The Hall–Kier alpha value is -0.740. The predicted molar refractivity (Wildman–Crippen MR) is 102 cm³/mol. The van der Waals surface area contributed by atoms with Crippen molar-refractivity contribution in [3.63, 3.8) is 0 Å². The van der Waals surface area contributed by atoms with Gasteiger partial charge in [-0.3, -0.25) is 14.6 Å². The standard InChI is InChI=1S/C18H33N3O5S/c22-18(19-13-17-3-1-9-26-17)14-21(16-4-12-27(23,24)15-16)6-2-5-20-7-10-25-11-8-20/h16-17H,1-15H2,(H,19,22). The van der Waals surface area contributed by atoms with E-state index in [9.17, 15) is 13.2 Å². The summed E-state index contributed by atoms with van der Waals surface area (Å²) in [7, 11) is -2.97. The van der Waals surface area contributed by atoms with Gasteiger partial charge in [-0.05, 0) is 32.2 Å². The lowest BCUT2D eigenvalue weighted by Crippen LogP contribution is -2.46. The molecule has 3 saturated heterocycles. The molecule has 3 rings (SSSR count). The van der Waals surface area contributed by atoms with Crippen LogP contribution in [0.15, 0.2) is 0 Å². The average Bonchev–Trinajstić information content (AvgIpc) is 3.29. The van der Waals surface area contributed by atoms with Gasteiger partial charge in [0.05, 0.1) is 37.4 Å². The maximum absolute atomic E-state index is 12.4. The molecule has 3 heterocycles. The van der Waals surface area contributed by atoms with Crippen molar-refractivity contribution in [1.82, 2.24) is 15.1 Å². The minimum absolute atomic E-state index is 0.0406. The van der Waals surface area contributed by atoms with Crippen molar-refractivity contribution in [3.05, 3.63) is 0 Å². The first-order valence-electron chi connectivity index (χ1n) is 10.1. The summed E-state index contributed by atoms with van der Waals surface area (Å²) in [6.45, 7) is 6.71. The molecular weight excluding hydrogens is 370 g/mol. The van der Waals surface area contributed by atoms with E-state index in [0.29, 0.717) is 13.0 Å². The largest absolute Gasteiger partial charge is 0.379 e. The predicted octanol–water partition coefficient (Wildman–Crippen LogP) is -0.507. The van der Waals surface area contributed by atoms with Crippen LogP contribution in [0.4, 0.5) is 0 Å². The number of nitrogens with zero attached hydrogens (tertiary/aromatic N) is 2. The Morgan fingerprint density at radius 3 is 2.67 bits per heavy atom. The van der Waals surface area contributed by atoms with E-state index < -0.39 is 9.84 Å². The lowest BCUT2D eigenvalue weighted by molar-refractivity contribution is -0.123. The molecule has 0 radical (unpaired) electrons. The minimum Gasteiger partial charge on any atom is -0.379 e. The van der Waals surface area contributed by atoms with Crippen molar-refractivity contribution in [1.29, 1.82) is 0 Å². The summed E-state index contributed by atoms with van der Waals surface area (Å²) in [4.78, 5) is 16.8. The first-order chi connectivity index (χ1) is 13.0. The number of sulfone groups is 1. The zero-order valence-electron chi connectivity index (χ0n) is 16.1. The van der Waals surface area contributed by atoms with Crippen LogP contribution in [0.25, 0.3) is 0 Å². The summed E-state index contributed by atoms with van der Waals surface area (Å²) in [6, 6.07) is -0.0480. The molecule has 3 fully saturated rings. The number of nitrogens with one attached hydrogen (secondary N) is 1. The van der Waals surface area contributed by atoms with E-state index in [1.54, 1.807) is 0 Å². The Labute approximate surface area is 162 Å². The van der Waals surface area contributed by atoms with Crippen molar-refractivity contribution in [3.8, 4) is 0 Å². The number of morpholine rings is 1. The van der Waals surface area contributed by atoms with Gasteiger partial charge in [-0.2, -0.15) is 0 Å². The second-order valence-electron chi connectivity index (χ2n) is 7.77. The molecule has 0 aromatic heterocycles. The molecule has 3 aliphatic heterocycles. The van der Waals surface area contributed by atoms with E-state index in [1.165, 1.54) is 0 Å². The third-order valence-electron chi connectivity index (χ3n) is 5.65. The molecule has 156 valence electrons. The fourth-order valence-corrected chi connectivity index (χ4v) is 5.81. The Balaban J connectivity index is 1.46. The number of carbonyl (C=O) groups is 1. The molecule has 0 saturated carbocycles. The molecular formula is C18H33N3O5S. The van der Waals surface area contributed by atoms with Crippen LogP contribution < -0.4 is 5.32 Å². The van der Waals surface area contributed by atoms with Gasteiger partial charge in [0, 0.05) is 38.8 Å². The molecule has 2 atom stereocenters. The summed E-state index contributed by atoms with van der Waals surface area (Å²) in [5.74, 6) is 0.361.